The van der Waals surface area contributed by atoms with Gasteiger partial charge < -0.3 is 10.4 Å². The van der Waals surface area contributed by atoms with Crippen molar-refractivity contribution < 1.29 is 9.90 Å². The van der Waals surface area contributed by atoms with Gasteiger partial charge in [-0.05, 0) is 31.0 Å². The number of amides is 1. The molecule has 2 unspecified atom stereocenters. The molecule has 1 aromatic carbocycles. The van der Waals surface area contributed by atoms with Crippen molar-refractivity contribution >= 4 is 21.8 Å². The lowest BCUT2D eigenvalue weighted by atomic mass is 9.91. The van der Waals surface area contributed by atoms with Crippen LogP contribution in [-0.2, 0) is 10.3 Å². The maximum absolute atomic E-state index is 12.1. The van der Waals surface area contributed by atoms with E-state index in [1.807, 2.05) is 38.1 Å². The number of carbonyl (C=O) groups is 1. The molecular weight excluding hydrogens is 306 g/mol. The maximum Gasteiger partial charge on any atom is 0.223 e. The number of rotatable bonds is 6. The van der Waals surface area contributed by atoms with E-state index < -0.39 is 5.54 Å². The number of nitrogens with one attached hydrogen (secondary N) is 1. The molecule has 0 radical (unpaired) electrons. The molecule has 4 heteroatoms. The molecule has 2 N–H and O–H groups in total. The minimum Gasteiger partial charge on any atom is -0.394 e. The largest absolute Gasteiger partial charge is 0.394 e. The summed E-state index contributed by atoms with van der Waals surface area (Å²) in [6.45, 7) is 5.68. The maximum atomic E-state index is 12.1. The summed E-state index contributed by atoms with van der Waals surface area (Å²) < 4.78 is 0.931. The van der Waals surface area contributed by atoms with Crippen LogP contribution >= 0.6 is 15.9 Å². The molecule has 0 fully saturated rings. The highest BCUT2D eigenvalue weighted by Crippen LogP contribution is 2.24. The van der Waals surface area contributed by atoms with Crippen LogP contribution in [0.15, 0.2) is 28.7 Å². The highest BCUT2D eigenvalue weighted by molar-refractivity contribution is 9.10. The van der Waals surface area contributed by atoms with E-state index in [1.54, 1.807) is 0 Å². The number of carbonyl (C=O) groups excluding carboxylic acids is 1. The molecular formula is C15H22BrNO2. The molecule has 0 bridgehead atoms. The van der Waals surface area contributed by atoms with Gasteiger partial charge in [0.25, 0.3) is 0 Å². The lowest BCUT2D eigenvalue weighted by molar-refractivity contribution is -0.127. The first-order chi connectivity index (χ1) is 8.92. The molecule has 3 nitrogen and oxygen atoms in total. The van der Waals surface area contributed by atoms with E-state index in [0.717, 1.165) is 22.9 Å². The van der Waals surface area contributed by atoms with Crippen LogP contribution in [0.4, 0.5) is 0 Å². The van der Waals surface area contributed by atoms with E-state index in [0.29, 0.717) is 0 Å². The van der Waals surface area contributed by atoms with Crippen LogP contribution in [0.5, 0.6) is 0 Å². The fourth-order valence-corrected chi connectivity index (χ4v) is 2.39. The molecule has 0 heterocycles. The van der Waals surface area contributed by atoms with Crippen LogP contribution in [0.1, 0.15) is 39.2 Å². The summed E-state index contributed by atoms with van der Waals surface area (Å²) in [5, 5.41) is 12.6. The molecule has 0 saturated carbocycles. The second-order valence-corrected chi connectivity index (χ2v) is 6.10. The molecule has 106 valence electrons. The minimum atomic E-state index is -0.747. The molecule has 0 saturated heterocycles. The summed E-state index contributed by atoms with van der Waals surface area (Å²) >= 11 is 3.41. The van der Waals surface area contributed by atoms with Crippen LogP contribution in [0, 0.1) is 5.92 Å². The van der Waals surface area contributed by atoms with Gasteiger partial charge in [-0.2, -0.15) is 0 Å². The lowest BCUT2D eigenvalue weighted by Gasteiger charge is -2.31. The Morgan fingerprint density at radius 2 is 2.21 bits per heavy atom. The molecule has 2 atom stereocenters. The van der Waals surface area contributed by atoms with Gasteiger partial charge in [0, 0.05) is 10.4 Å². The van der Waals surface area contributed by atoms with E-state index in [2.05, 4.69) is 28.2 Å². The number of hydrogen-bond donors (Lipinski definition) is 2. The monoisotopic (exact) mass is 327 g/mol. The quantitative estimate of drug-likeness (QED) is 0.842. The van der Waals surface area contributed by atoms with Gasteiger partial charge in [-0.25, -0.2) is 0 Å². The first-order valence-electron chi connectivity index (χ1n) is 6.62. The third-order valence-corrected chi connectivity index (χ3v) is 3.84. The van der Waals surface area contributed by atoms with Crippen LogP contribution < -0.4 is 5.32 Å². The van der Waals surface area contributed by atoms with Gasteiger partial charge in [0.15, 0.2) is 0 Å². The lowest BCUT2D eigenvalue weighted by Crippen LogP contribution is -2.48. The van der Waals surface area contributed by atoms with Gasteiger partial charge in [0.1, 0.15) is 0 Å². The van der Waals surface area contributed by atoms with Crippen molar-refractivity contribution in [2.24, 2.45) is 5.92 Å². The van der Waals surface area contributed by atoms with Gasteiger partial charge >= 0.3 is 0 Å². The molecule has 19 heavy (non-hydrogen) atoms. The average Bonchev–Trinajstić information content (AvgIpc) is 2.38. The zero-order valence-corrected chi connectivity index (χ0v) is 13.3. The van der Waals surface area contributed by atoms with Gasteiger partial charge in [0.2, 0.25) is 5.91 Å². The Kier molecular flexibility index (Phi) is 6.01. The van der Waals surface area contributed by atoms with Crippen LogP contribution in [-0.4, -0.2) is 17.6 Å². The standard InChI is InChI=1S/C15H22BrNO2/c1-4-6-11(2)14(19)17-15(3,10-18)12-7-5-8-13(16)9-12/h5,7-9,11,18H,4,6,10H2,1-3H3,(H,17,19). The van der Waals surface area contributed by atoms with Gasteiger partial charge in [0.05, 0.1) is 12.1 Å². The first kappa shape index (κ1) is 16.2. The van der Waals surface area contributed by atoms with E-state index in [9.17, 15) is 9.90 Å². The summed E-state index contributed by atoms with van der Waals surface area (Å²) in [5.41, 5.74) is 0.143. The molecule has 0 aliphatic heterocycles. The van der Waals surface area contributed by atoms with Crippen molar-refractivity contribution in [3.8, 4) is 0 Å². The Hall–Kier alpha value is -0.870. The van der Waals surface area contributed by atoms with Gasteiger partial charge in [-0.1, -0.05) is 48.3 Å². The molecule has 0 spiro atoms. The van der Waals surface area contributed by atoms with Crippen molar-refractivity contribution in [3.63, 3.8) is 0 Å². The predicted molar refractivity (Wildman–Crippen MR) is 80.8 cm³/mol. The third kappa shape index (κ3) is 4.32. The number of aliphatic hydroxyl groups excluding tert-OH is 1. The molecule has 1 rings (SSSR count). The SMILES string of the molecule is CCCC(C)C(=O)NC(C)(CO)c1cccc(Br)c1. The van der Waals surface area contributed by atoms with Crippen LogP contribution in [0.25, 0.3) is 0 Å². The Balaban J connectivity index is 2.89. The van der Waals surface area contributed by atoms with E-state index >= 15 is 0 Å². The Morgan fingerprint density at radius 3 is 2.74 bits per heavy atom. The highest BCUT2D eigenvalue weighted by Gasteiger charge is 2.29. The number of aliphatic hydroxyl groups is 1. The second-order valence-electron chi connectivity index (χ2n) is 5.18. The summed E-state index contributed by atoms with van der Waals surface area (Å²) in [4.78, 5) is 12.1. The Bertz CT molecular complexity index is 436. The second kappa shape index (κ2) is 7.06. The van der Waals surface area contributed by atoms with Crippen molar-refractivity contribution in [3.05, 3.63) is 34.3 Å². The van der Waals surface area contributed by atoms with Crippen molar-refractivity contribution in [2.75, 3.05) is 6.61 Å². The van der Waals surface area contributed by atoms with E-state index in [-0.39, 0.29) is 18.4 Å². The van der Waals surface area contributed by atoms with E-state index in [1.165, 1.54) is 0 Å². The minimum absolute atomic E-state index is 0.0154. The molecule has 0 aromatic heterocycles. The van der Waals surface area contributed by atoms with Gasteiger partial charge in [-0.3, -0.25) is 4.79 Å². The highest BCUT2D eigenvalue weighted by atomic mass is 79.9. The van der Waals surface area contributed by atoms with E-state index in [4.69, 9.17) is 0 Å². The van der Waals surface area contributed by atoms with Crippen LogP contribution in [0.3, 0.4) is 0 Å². The summed E-state index contributed by atoms with van der Waals surface area (Å²) in [5.74, 6) is -0.0543. The summed E-state index contributed by atoms with van der Waals surface area (Å²) in [7, 11) is 0. The molecule has 1 amide bonds. The number of hydrogen-bond acceptors (Lipinski definition) is 2. The smallest absolute Gasteiger partial charge is 0.223 e. The first-order valence-corrected chi connectivity index (χ1v) is 7.41. The van der Waals surface area contributed by atoms with Crippen molar-refractivity contribution in [2.45, 2.75) is 39.2 Å². The Morgan fingerprint density at radius 1 is 1.53 bits per heavy atom. The molecule has 1 aromatic rings. The summed E-state index contributed by atoms with van der Waals surface area (Å²) in [6.07, 6.45) is 1.83. The zero-order chi connectivity index (χ0) is 14.5. The fourth-order valence-electron chi connectivity index (χ4n) is 1.99. The third-order valence-electron chi connectivity index (χ3n) is 3.35. The topological polar surface area (TPSA) is 49.3 Å². The zero-order valence-electron chi connectivity index (χ0n) is 11.7. The Labute approximate surface area is 123 Å². The van der Waals surface area contributed by atoms with Crippen molar-refractivity contribution in [1.82, 2.24) is 5.32 Å². The number of benzene rings is 1. The van der Waals surface area contributed by atoms with Crippen LogP contribution in [0.2, 0.25) is 0 Å². The fraction of sp³-hybridized carbons (Fsp3) is 0.533. The van der Waals surface area contributed by atoms with Gasteiger partial charge in [-0.15, -0.1) is 0 Å². The normalized spacial score (nSPS) is 15.6. The molecule has 0 aliphatic rings. The average molecular weight is 328 g/mol. The van der Waals surface area contributed by atoms with Crippen molar-refractivity contribution in [1.29, 1.82) is 0 Å². The number of halogens is 1. The summed E-state index contributed by atoms with van der Waals surface area (Å²) in [6, 6.07) is 7.64. The predicted octanol–water partition coefficient (Wildman–Crippen LogP) is 3.21. The molecule has 0 aliphatic carbocycles.